The lowest BCUT2D eigenvalue weighted by Gasteiger charge is -2.60. The Labute approximate surface area is 134 Å². The monoisotopic (exact) mass is 301 g/mol. The zero-order chi connectivity index (χ0) is 16.2. The summed E-state index contributed by atoms with van der Waals surface area (Å²) in [5, 5.41) is 11.8. The Bertz CT molecular complexity index is 534. The van der Waals surface area contributed by atoms with Gasteiger partial charge in [-0.1, -0.05) is 44.9 Å². The van der Waals surface area contributed by atoms with Crippen molar-refractivity contribution in [3.63, 3.8) is 0 Å². The zero-order valence-corrected chi connectivity index (χ0v) is 14.3. The minimum Gasteiger partial charge on any atom is -0.550 e. The molecule has 22 heavy (non-hydrogen) atoms. The molecule has 0 aliphatic heterocycles. The van der Waals surface area contributed by atoms with Crippen LogP contribution in [0.4, 0.5) is 0 Å². The van der Waals surface area contributed by atoms with Gasteiger partial charge in [0.15, 0.2) is 0 Å². The molecular weight excluding hydrogens is 272 g/mol. The summed E-state index contributed by atoms with van der Waals surface area (Å²) < 4.78 is 0. The summed E-state index contributed by atoms with van der Waals surface area (Å²) in [5.41, 5.74) is 1.17. The summed E-state index contributed by atoms with van der Waals surface area (Å²) >= 11 is 0. The Hall–Kier alpha value is -1.05. The Morgan fingerprint density at radius 2 is 2.00 bits per heavy atom. The van der Waals surface area contributed by atoms with Crippen LogP contribution in [0.5, 0.6) is 0 Å². The second-order valence-corrected chi connectivity index (χ2v) is 8.68. The highest BCUT2D eigenvalue weighted by molar-refractivity contribution is 5.73. The lowest BCUT2D eigenvalue weighted by atomic mass is 9.45. The molecule has 0 spiro atoms. The van der Waals surface area contributed by atoms with Gasteiger partial charge in [0.25, 0.3) is 0 Å². The lowest BCUT2D eigenvalue weighted by Crippen LogP contribution is -2.57. The molecule has 0 amide bonds. The van der Waals surface area contributed by atoms with Crippen molar-refractivity contribution in [1.82, 2.24) is 0 Å². The number of hydrogen-bond acceptors (Lipinski definition) is 2. The summed E-state index contributed by atoms with van der Waals surface area (Å²) in [5.74, 6) is -0.0187. The average molecular weight is 301 g/mol. The van der Waals surface area contributed by atoms with Gasteiger partial charge in [-0.25, -0.2) is 0 Å². The molecule has 3 aliphatic rings. The van der Waals surface area contributed by atoms with E-state index >= 15 is 0 Å². The van der Waals surface area contributed by atoms with Crippen molar-refractivity contribution < 1.29 is 9.90 Å². The standard InChI is InChI=1S/C20H30O2/c1-5-18(2)12-9-15-14(13-18)7-8-16-19(15,3)10-6-11-20(16,4)17(21)22/h5,13,15-16H,1,6-12H2,2-4H3,(H,21,22)/p-1/t15-,16-,18-,19-,20-/m1/s1. The van der Waals surface area contributed by atoms with E-state index in [1.807, 2.05) is 6.92 Å². The van der Waals surface area contributed by atoms with Gasteiger partial charge in [-0.3, -0.25) is 0 Å². The summed E-state index contributed by atoms with van der Waals surface area (Å²) in [4.78, 5) is 11.8. The molecule has 2 heteroatoms. The third-order valence-corrected chi connectivity index (χ3v) is 7.36. The molecule has 2 nitrogen and oxygen atoms in total. The molecule has 0 unspecified atom stereocenters. The van der Waals surface area contributed by atoms with Gasteiger partial charge < -0.3 is 9.90 Å². The molecule has 0 saturated heterocycles. The van der Waals surface area contributed by atoms with Crippen LogP contribution in [0.1, 0.15) is 65.7 Å². The van der Waals surface area contributed by atoms with Gasteiger partial charge in [-0.2, -0.15) is 0 Å². The van der Waals surface area contributed by atoms with Crippen LogP contribution >= 0.6 is 0 Å². The summed E-state index contributed by atoms with van der Waals surface area (Å²) in [7, 11) is 0. The Morgan fingerprint density at radius 3 is 2.64 bits per heavy atom. The van der Waals surface area contributed by atoms with Crippen molar-refractivity contribution in [2.24, 2.45) is 28.1 Å². The zero-order valence-electron chi connectivity index (χ0n) is 14.3. The number of carboxylic acid groups (broad SMARTS) is 1. The molecule has 0 bridgehead atoms. The fourth-order valence-corrected chi connectivity index (χ4v) is 5.93. The maximum atomic E-state index is 11.8. The third-order valence-electron chi connectivity index (χ3n) is 7.36. The average Bonchev–Trinajstić information content (AvgIpc) is 2.46. The van der Waals surface area contributed by atoms with Crippen molar-refractivity contribution in [3.8, 4) is 0 Å². The van der Waals surface area contributed by atoms with Gasteiger partial charge in [-0.05, 0) is 55.8 Å². The van der Waals surface area contributed by atoms with Crippen LogP contribution in [-0.2, 0) is 4.79 Å². The van der Waals surface area contributed by atoms with E-state index in [0.29, 0.717) is 5.92 Å². The highest BCUT2D eigenvalue weighted by Gasteiger charge is 2.56. The number of hydrogen-bond donors (Lipinski definition) is 0. The van der Waals surface area contributed by atoms with E-state index in [1.54, 1.807) is 5.57 Å². The molecule has 0 radical (unpaired) electrons. The van der Waals surface area contributed by atoms with E-state index in [4.69, 9.17) is 0 Å². The van der Waals surface area contributed by atoms with E-state index in [1.165, 1.54) is 6.42 Å². The highest BCUT2D eigenvalue weighted by Crippen LogP contribution is 2.63. The number of carboxylic acids is 1. The van der Waals surface area contributed by atoms with Crippen LogP contribution in [0, 0.1) is 28.1 Å². The molecule has 0 aromatic heterocycles. The van der Waals surface area contributed by atoms with Crippen LogP contribution in [-0.4, -0.2) is 5.97 Å². The molecule has 2 saturated carbocycles. The van der Waals surface area contributed by atoms with E-state index in [-0.39, 0.29) is 16.7 Å². The first-order valence-electron chi connectivity index (χ1n) is 8.82. The van der Waals surface area contributed by atoms with Gasteiger partial charge in [0.2, 0.25) is 0 Å². The van der Waals surface area contributed by atoms with Crippen molar-refractivity contribution in [1.29, 1.82) is 0 Å². The van der Waals surface area contributed by atoms with Gasteiger partial charge in [-0.15, -0.1) is 6.58 Å². The summed E-state index contributed by atoms with van der Waals surface area (Å²) in [6, 6.07) is 0. The van der Waals surface area contributed by atoms with E-state index < -0.39 is 11.4 Å². The topological polar surface area (TPSA) is 40.1 Å². The molecule has 3 aliphatic carbocycles. The Kier molecular flexibility index (Phi) is 3.58. The summed E-state index contributed by atoms with van der Waals surface area (Å²) in [6.45, 7) is 10.6. The maximum absolute atomic E-state index is 11.8. The van der Waals surface area contributed by atoms with E-state index in [9.17, 15) is 9.90 Å². The second-order valence-electron chi connectivity index (χ2n) is 8.68. The van der Waals surface area contributed by atoms with Crippen molar-refractivity contribution in [2.75, 3.05) is 0 Å². The largest absolute Gasteiger partial charge is 0.550 e. The first kappa shape index (κ1) is 15.8. The predicted molar refractivity (Wildman–Crippen MR) is 86.9 cm³/mol. The predicted octanol–water partition coefficient (Wildman–Crippen LogP) is 3.87. The first-order valence-corrected chi connectivity index (χ1v) is 8.82. The van der Waals surface area contributed by atoms with Crippen molar-refractivity contribution in [2.45, 2.75) is 65.7 Å². The van der Waals surface area contributed by atoms with Crippen LogP contribution < -0.4 is 5.11 Å². The van der Waals surface area contributed by atoms with Gasteiger partial charge in [0.1, 0.15) is 0 Å². The molecule has 0 N–H and O–H groups in total. The molecule has 0 heterocycles. The quantitative estimate of drug-likeness (QED) is 0.726. The Morgan fingerprint density at radius 1 is 1.27 bits per heavy atom. The lowest BCUT2D eigenvalue weighted by molar-refractivity contribution is -0.326. The normalized spacial score (nSPS) is 47.9. The van der Waals surface area contributed by atoms with E-state index in [0.717, 1.165) is 38.5 Å². The number of fused-ring (bicyclic) bond motifs is 3. The molecule has 0 aromatic rings. The molecule has 3 rings (SSSR count). The van der Waals surface area contributed by atoms with Gasteiger partial charge in [0, 0.05) is 16.8 Å². The molecular formula is C20H29O2-. The van der Waals surface area contributed by atoms with Crippen molar-refractivity contribution >= 4 is 5.97 Å². The number of carbonyl (C=O) groups excluding carboxylic acids is 1. The van der Waals surface area contributed by atoms with Gasteiger partial charge >= 0.3 is 0 Å². The van der Waals surface area contributed by atoms with Crippen LogP contribution in [0.25, 0.3) is 0 Å². The maximum Gasteiger partial charge on any atom is 0.0476 e. The fraction of sp³-hybridized carbons (Fsp3) is 0.750. The minimum absolute atomic E-state index is 0.125. The summed E-state index contributed by atoms with van der Waals surface area (Å²) in [6.07, 6.45) is 11.8. The Balaban J connectivity index is 1.99. The highest BCUT2D eigenvalue weighted by atomic mass is 16.4. The number of rotatable bonds is 2. The number of aliphatic carboxylic acids is 1. The fourth-order valence-electron chi connectivity index (χ4n) is 5.93. The van der Waals surface area contributed by atoms with E-state index in [2.05, 4.69) is 32.6 Å². The molecule has 5 atom stereocenters. The van der Waals surface area contributed by atoms with Gasteiger partial charge in [0.05, 0.1) is 0 Å². The van der Waals surface area contributed by atoms with Crippen molar-refractivity contribution in [3.05, 3.63) is 24.3 Å². The van der Waals surface area contributed by atoms with Crippen LogP contribution in [0.2, 0.25) is 0 Å². The SMILES string of the molecule is C=C[C@@]1(C)C=C2CC[C@@H]3[C@](C)(CCC[C@@]3(C)C(=O)[O-])[C@@H]2CC1. The minimum atomic E-state index is -0.831. The van der Waals surface area contributed by atoms with Crippen LogP contribution in [0.15, 0.2) is 24.3 Å². The second kappa shape index (κ2) is 4.97. The van der Waals surface area contributed by atoms with Crippen LogP contribution in [0.3, 0.4) is 0 Å². The number of allylic oxidation sites excluding steroid dienone is 3. The number of carbonyl (C=O) groups is 1. The first-order chi connectivity index (χ1) is 10.3. The smallest absolute Gasteiger partial charge is 0.0476 e. The molecule has 122 valence electrons. The molecule has 0 aromatic carbocycles. The third kappa shape index (κ3) is 2.10. The molecule has 2 fully saturated rings.